The lowest BCUT2D eigenvalue weighted by atomic mass is 10.1. The van der Waals surface area contributed by atoms with E-state index in [1.54, 1.807) is 18.5 Å². The summed E-state index contributed by atoms with van der Waals surface area (Å²) in [6, 6.07) is 9.46. The lowest BCUT2D eigenvalue weighted by Gasteiger charge is -2.02. The quantitative estimate of drug-likeness (QED) is 0.449. The number of pyridine rings is 1. The predicted molar refractivity (Wildman–Crippen MR) is 88.7 cm³/mol. The Balaban J connectivity index is 1.95. The summed E-state index contributed by atoms with van der Waals surface area (Å²) in [5, 5.41) is 0. The van der Waals surface area contributed by atoms with Crippen molar-refractivity contribution in [3.8, 4) is 0 Å². The summed E-state index contributed by atoms with van der Waals surface area (Å²) in [5.41, 5.74) is 3.09. The first kappa shape index (κ1) is 13.9. The Kier molecular flexibility index (Phi) is 3.83. The molecule has 2 heterocycles. The van der Waals surface area contributed by atoms with Crippen molar-refractivity contribution < 1.29 is 9.53 Å². The second kappa shape index (κ2) is 5.77. The number of carbonyl (C=O) groups excluding carboxylic acids is 1. The Morgan fingerprint density at radius 3 is 2.67 bits per heavy atom. The molecular formula is C16H11IN2O2. The van der Waals surface area contributed by atoms with Crippen molar-refractivity contribution >= 4 is 40.5 Å². The standard InChI is InChI=1S/C16H11IN2O2/c1-10-8-12(2-3-13(10)17)15-19-14(16(20)21-15)9-11-4-6-18-7-5-11/h2-9H,1H3/b14-9-. The summed E-state index contributed by atoms with van der Waals surface area (Å²) < 4.78 is 6.41. The van der Waals surface area contributed by atoms with Gasteiger partial charge < -0.3 is 4.74 Å². The fourth-order valence-corrected chi connectivity index (χ4v) is 2.26. The van der Waals surface area contributed by atoms with Crippen LogP contribution in [0.25, 0.3) is 6.08 Å². The van der Waals surface area contributed by atoms with Gasteiger partial charge in [0.2, 0.25) is 5.90 Å². The lowest BCUT2D eigenvalue weighted by molar-refractivity contribution is -0.129. The molecule has 0 saturated carbocycles. The third-order valence-corrected chi connectivity index (χ3v) is 4.25. The summed E-state index contributed by atoms with van der Waals surface area (Å²) in [6.45, 7) is 2.01. The number of aliphatic imine (C=N–C) groups is 1. The first-order valence-corrected chi connectivity index (χ1v) is 7.40. The number of rotatable bonds is 2. The summed E-state index contributed by atoms with van der Waals surface area (Å²) in [4.78, 5) is 20.1. The van der Waals surface area contributed by atoms with Gasteiger partial charge in [0.25, 0.3) is 0 Å². The summed E-state index contributed by atoms with van der Waals surface area (Å²) in [5.74, 6) is -0.0854. The Labute approximate surface area is 135 Å². The third kappa shape index (κ3) is 3.02. The van der Waals surface area contributed by atoms with E-state index in [-0.39, 0.29) is 0 Å². The fraction of sp³-hybridized carbons (Fsp3) is 0.0625. The zero-order valence-corrected chi connectivity index (χ0v) is 13.4. The number of cyclic esters (lactones) is 1. The van der Waals surface area contributed by atoms with Gasteiger partial charge in [-0.15, -0.1) is 0 Å². The number of esters is 1. The third-order valence-electron chi connectivity index (χ3n) is 3.03. The molecule has 0 fully saturated rings. The van der Waals surface area contributed by atoms with Crippen molar-refractivity contribution in [1.29, 1.82) is 0 Å². The average molecular weight is 390 g/mol. The highest BCUT2D eigenvalue weighted by Crippen LogP contribution is 2.21. The van der Waals surface area contributed by atoms with Crippen LogP contribution in [-0.4, -0.2) is 16.9 Å². The molecule has 0 radical (unpaired) electrons. The highest BCUT2D eigenvalue weighted by Gasteiger charge is 2.24. The number of nitrogens with zero attached hydrogens (tertiary/aromatic N) is 2. The monoisotopic (exact) mass is 390 g/mol. The maximum Gasteiger partial charge on any atom is 0.363 e. The minimum atomic E-state index is -0.432. The van der Waals surface area contributed by atoms with Crippen LogP contribution in [0.3, 0.4) is 0 Å². The molecule has 3 rings (SSSR count). The Bertz CT molecular complexity index is 767. The van der Waals surface area contributed by atoms with Gasteiger partial charge in [0.05, 0.1) is 0 Å². The van der Waals surface area contributed by atoms with E-state index in [2.05, 4.69) is 32.6 Å². The molecule has 1 aromatic heterocycles. The molecule has 0 spiro atoms. The summed E-state index contributed by atoms with van der Waals surface area (Å²) >= 11 is 2.26. The molecule has 0 atom stereocenters. The second-order valence-corrected chi connectivity index (χ2v) is 5.74. The number of aryl methyl sites for hydroxylation is 1. The number of halogens is 1. The smallest absolute Gasteiger partial charge is 0.363 e. The molecule has 0 amide bonds. The zero-order valence-electron chi connectivity index (χ0n) is 11.2. The Morgan fingerprint density at radius 1 is 1.19 bits per heavy atom. The van der Waals surface area contributed by atoms with Gasteiger partial charge in [-0.1, -0.05) is 0 Å². The first-order chi connectivity index (χ1) is 10.1. The van der Waals surface area contributed by atoms with E-state index in [0.29, 0.717) is 11.6 Å². The molecule has 104 valence electrons. The molecule has 0 aliphatic carbocycles. The SMILES string of the molecule is Cc1cc(C2=N/C(=C\c3ccncc3)C(=O)O2)ccc1I. The summed E-state index contributed by atoms with van der Waals surface area (Å²) in [6.07, 6.45) is 5.02. The van der Waals surface area contributed by atoms with Crippen molar-refractivity contribution in [3.63, 3.8) is 0 Å². The van der Waals surface area contributed by atoms with Gasteiger partial charge in [-0.2, -0.15) is 0 Å². The van der Waals surface area contributed by atoms with Crippen LogP contribution in [0.1, 0.15) is 16.7 Å². The van der Waals surface area contributed by atoms with Crippen LogP contribution in [0.5, 0.6) is 0 Å². The van der Waals surface area contributed by atoms with E-state index in [1.165, 1.54) is 0 Å². The maximum atomic E-state index is 11.9. The Morgan fingerprint density at radius 2 is 1.95 bits per heavy atom. The van der Waals surface area contributed by atoms with Crippen LogP contribution in [0.4, 0.5) is 0 Å². The number of hydrogen-bond donors (Lipinski definition) is 0. The van der Waals surface area contributed by atoms with Crippen molar-refractivity contribution in [3.05, 3.63) is 68.7 Å². The highest BCUT2D eigenvalue weighted by atomic mass is 127. The molecule has 4 nitrogen and oxygen atoms in total. The van der Waals surface area contributed by atoms with Crippen LogP contribution in [0.15, 0.2) is 53.4 Å². The van der Waals surface area contributed by atoms with Gasteiger partial charge in [-0.3, -0.25) is 4.98 Å². The molecule has 0 bridgehead atoms. The number of ether oxygens (including phenoxy) is 1. The molecule has 21 heavy (non-hydrogen) atoms. The van der Waals surface area contributed by atoms with E-state index in [0.717, 1.165) is 20.3 Å². The minimum Gasteiger partial charge on any atom is -0.402 e. The maximum absolute atomic E-state index is 11.9. The van der Waals surface area contributed by atoms with E-state index < -0.39 is 5.97 Å². The molecule has 1 aliphatic heterocycles. The number of aromatic nitrogens is 1. The highest BCUT2D eigenvalue weighted by molar-refractivity contribution is 14.1. The van der Waals surface area contributed by atoms with Crippen LogP contribution in [0.2, 0.25) is 0 Å². The minimum absolute atomic E-state index is 0.299. The molecule has 0 saturated heterocycles. The van der Waals surface area contributed by atoms with Crippen molar-refractivity contribution in [2.75, 3.05) is 0 Å². The normalized spacial score (nSPS) is 16.0. The predicted octanol–water partition coefficient (Wildman–Crippen LogP) is 3.34. The van der Waals surface area contributed by atoms with Crippen LogP contribution >= 0.6 is 22.6 Å². The molecular weight excluding hydrogens is 379 g/mol. The van der Waals surface area contributed by atoms with E-state index >= 15 is 0 Å². The van der Waals surface area contributed by atoms with E-state index in [9.17, 15) is 4.79 Å². The molecule has 5 heteroatoms. The van der Waals surface area contributed by atoms with Crippen LogP contribution in [-0.2, 0) is 9.53 Å². The van der Waals surface area contributed by atoms with Crippen molar-refractivity contribution in [2.24, 2.45) is 4.99 Å². The topological polar surface area (TPSA) is 51.5 Å². The molecule has 2 aromatic rings. The van der Waals surface area contributed by atoms with Crippen molar-refractivity contribution in [2.45, 2.75) is 6.92 Å². The number of benzene rings is 1. The average Bonchev–Trinajstić information content (AvgIpc) is 2.84. The largest absolute Gasteiger partial charge is 0.402 e. The van der Waals surface area contributed by atoms with Crippen molar-refractivity contribution in [1.82, 2.24) is 4.98 Å². The van der Waals surface area contributed by atoms with E-state index in [1.807, 2.05) is 37.3 Å². The number of hydrogen-bond acceptors (Lipinski definition) is 4. The van der Waals surface area contributed by atoms with Gasteiger partial charge in [-0.05, 0) is 77.0 Å². The number of carbonyl (C=O) groups is 1. The van der Waals surface area contributed by atoms with E-state index in [4.69, 9.17) is 4.74 Å². The first-order valence-electron chi connectivity index (χ1n) is 6.32. The molecule has 0 N–H and O–H groups in total. The Hall–Kier alpha value is -2.02. The van der Waals surface area contributed by atoms with Gasteiger partial charge in [0.15, 0.2) is 5.70 Å². The van der Waals surface area contributed by atoms with Gasteiger partial charge in [0, 0.05) is 21.5 Å². The molecule has 1 aliphatic rings. The van der Waals surface area contributed by atoms with Crippen LogP contribution in [0, 0.1) is 10.5 Å². The van der Waals surface area contributed by atoms with Gasteiger partial charge >= 0.3 is 5.97 Å². The second-order valence-electron chi connectivity index (χ2n) is 4.58. The fourth-order valence-electron chi connectivity index (χ4n) is 1.93. The zero-order chi connectivity index (χ0) is 14.8. The van der Waals surface area contributed by atoms with Crippen LogP contribution < -0.4 is 0 Å². The summed E-state index contributed by atoms with van der Waals surface area (Å²) in [7, 11) is 0. The van der Waals surface area contributed by atoms with Gasteiger partial charge in [-0.25, -0.2) is 9.79 Å². The molecule has 0 unspecified atom stereocenters. The van der Waals surface area contributed by atoms with Gasteiger partial charge in [0.1, 0.15) is 0 Å². The molecule has 1 aromatic carbocycles. The lowest BCUT2D eigenvalue weighted by Crippen LogP contribution is -2.05.